The van der Waals surface area contributed by atoms with Crippen molar-refractivity contribution in [2.75, 3.05) is 6.61 Å². The predicted octanol–water partition coefficient (Wildman–Crippen LogP) is 5.70. The molecule has 2 aromatic carbocycles. The van der Waals surface area contributed by atoms with E-state index in [9.17, 15) is 14.7 Å². The highest BCUT2D eigenvalue weighted by Crippen LogP contribution is 2.41. The number of ether oxygens (including phenoxy) is 1. The van der Waals surface area contributed by atoms with Crippen LogP contribution >= 0.6 is 0 Å². The van der Waals surface area contributed by atoms with E-state index >= 15 is 0 Å². The number of carbonyl (C=O) groups excluding carboxylic acids is 2. The SMILES string of the molecule is C=CCOc1ccc(/C(O)=C2/C(=O)C(=O)N(Cc3cccnc3)C2c2ccc(C(C)C)cc2)c(C)c1. The van der Waals surface area contributed by atoms with Crippen molar-refractivity contribution in [3.63, 3.8) is 0 Å². The average molecular weight is 483 g/mol. The maximum Gasteiger partial charge on any atom is 0.295 e. The number of hydrogen-bond donors (Lipinski definition) is 1. The van der Waals surface area contributed by atoms with Gasteiger partial charge in [-0.05, 0) is 59.4 Å². The summed E-state index contributed by atoms with van der Waals surface area (Å²) < 4.78 is 5.59. The van der Waals surface area contributed by atoms with Crippen molar-refractivity contribution >= 4 is 17.4 Å². The van der Waals surface area contributed by atoms with Gasteiger partial charge in [-0.1, -0.05) is 56.8 Å². The Morgan fingerprint density at radius 2 is 1.92 bits per heavy atom. The fourth-order valence-corrected chi connectivity index (χ4v) is 4.43. The number of benzene rings is 2. The zero-order valence-corrected chi connectivity index (χ0v) is 20.8. The van der Waals surface area contributed by atoms with Crippen LogP contribution in [0.4, 0.5) is 0 Å². The molecular formula is C30H30N2O4. The fraction of sp³-hybridized carbons (Fsp3) is 0.233. The zero-order valence-electron chi connectivity index (χ0n) is 20.8. The lowest BCUT2D eigenvalue weighted by Gasteiger charge is -2.26. The van der Waals surface area contributed by atoms with Crippen molar-refractivity contribution in [2.45, 2.75) is 39.3 Å². The van der Waals surface area contributed by atoms with E-state index in [1.165, 1.54) is 4.90 Å². The molecule has 0 spiro atoms. The molecule has 1 aliphatic heterocycles. The molecule has 0 saturated carbocycles. The number of nitrogens with zero attached hydrogens (tertiary/aromatic N) is 2. The van der Waals surface area contributed by atoms with Crippen LogP contribution < -0.4 is 4.74 Å². The first kappa shape index (κ1) is 24.9. The highest BCUT2D eigenvalue weighted by molar-refractivity contribution is 6.46. The van der Waals surface area contributed by atoms with E-state index in [1.54, 1.807) is 42.7 Å². The molecule has 0 aliphatic carbocycles. The first-order valence-corrected chi connectivity index (χ1v) is 11.9. The number of Topliss-reactive ketones (excluding diaryl/α,β-unsaturated/α-hetero) is 1. The number of ketones is 1. The van der Waals surface area contributed by atoms with Gasteiger partial charge in [-0.15, -0.1) is 0 Å². The van der Waals surface area contributed by atoms with Crippen molar-refractivity contribution in [3.05, 3.63) is 113 Å². The molecule has 1 atom stereocenters. The number of likely N-dealkylation sites (tertiary alicyclic amines) is 1. The van der Waals surface area contributed by atoms with E-state index in [1.807, 2.05) is 37.3 Å². The summed E-state index contributed by atoms with van der Waals surface area (Å²) in [5, 5.41) is 11.4. The molecule has 2 heterocycles. The Labute approximate surface area is 211 Å². The maximum atomic E-state index is 13.3. The van der Waals surface area contributed by atoms with Gasteiger partial charge in [-0.25, -0.2) is 0 Å². The summed E-state index contributed by atoms with van der Waals surface area (Å²) in [6.07, 6.45) is 4.98. The van der Waals surface area contributed by atoms with Crippen LogP contribution in [0.25, 0.3) is 5.76 Å². The standard InChI is InChI=1S/C30H30N2O4/c1-5-15-36-24-12-13-25(20(4)16-24)28(33)26-27(23-10-8-22(9-11-23)19(2)3)32(30(35)29(26)34)18-21-7-6-14-31-17-21/h5-14,16-17,19,27,33H,1,15,18H2,2-4H3/b28-26-. The molecule has 1 N–H and O–H groups in total. The van der Waals surface area contributed by atoms with Gasteiger partial charge in [-0.2, -0.15) is 0 Å². The average Bonchev–Trinajstić information content (AvgIpc) is 3.12. The summed E-state index contributed by atoms with van der Waals surface area (Å²) in [7, 11) is 0. The van der Waals surface area contributed by atoms with Gasteiger partial charge in [0.15, 0.2) is 0 Å². The number of aromatic nitrogens is 1. The molecule has 184 valence electrons. The van der Waals surface area contributed by atoms with Crippen LogP contribution in [0.15, 0.2) is 85.2 Å². The van der Waals surface area contributed by atoms with E-state index in [0.717, 1.165) is 22.3 Å². The first-order chi connectivity index (χ1) is 17.3. The number of aliphatic hydroxyl groups excluding tert-OH is 1. The van der Waals surface area contributed by atoms with Crippen molar-refractivity contribution in [2.24, 2.45) is 0 Å². The lowest BCUT2D eigenvalue weighted by Crippen LogP contribution is -2.29. The second kappa shape index (κ2) is 10.6. The fourth-order valence-electron chi connectivity index (χ4n) is 4.43. The Hall–Kier alpha value is -4.19. The lowest BCUT2D eigenvalue weighted by molar-refractivity contribution is -0.140. The van der Waals surface area contributed by atoms with Crippen LogP contribution in [0.3, 0.4) is 0 Å². The van der Waals surface area contributed by atoms with Crippen LogP contribution in [0.2, 0.25) is 0 Å². The second-order valence-electron chi connectivity index (χ2n) is 9.19. The Morgan fingerprint density at radius 3 is 2.53 bits per heavy atom. The molecule has 1 fully saturated rings. The Bertz CT molecular complexity index is 1310. The van der Waals surface area contributed by atoms with E-state index in [-0.39, 0.29) is 17.9 Å². The van der Waals surface area contributed by atoms with E-state index < -0.39 is 17.7 Å². The minimum absolute atomic E-state index is 0.0732. The molecule has 36 heavy (non-hydrogen) atoms. The molecule has 4 rings (SSSR count). The quantitative estimate of drug-likeness (QED) is 0.193. The second-order valence-corrected chi connectivity index (χ2v) is 9.19. The molecule has 3 aromatic rings. The number of pyridine rings is 1. The molecule has 0 radical (unpaired) electrons. The summed E-state index contributed by atoms with van der Waals surface area (Å²) in [6.45, 7) is 10.2. The molecule has 1 saturated heterocycles. The number of amides is 1. The molecule has 1 aromatic heterocycles. The molecule has 1 aliphatic rings. The van der Waals surface area contributed by atoms with Gasteiger partial charge in [0.25, 0.3) is 11.7 Å². The van der Waals surface area contributed by atoms with E-state index in [0.29, 0.717) is 23.8 Å². The third-order valence-corrected chi connectivity index (χ3v) is 6.36. The molecule has 1 amide bonds. The topological polar surface area (TPSA) is 79.7 Å². The third-order valence-electron chi connectivity index (χ3n) is 6.36. The molecule has 6 nitrogen and oxygen atoms in total. The van der Waals surface area contributed by atoms with E-state index in [4.69, 9.17) is 4.74 Å². The molecule has 0 bridgehead atoms. The van der Waals surface area contributed by atoms with Gasteiger partial charge in [0, 0.05) is 24.5 Å². The zero-order chi connectivity index (χ0) is 25.8. The van der Waals surface area contributed by atoms with Crippen molar-refractivity contribution in [1.29, 1.82) is 0 Å². The molecule has 1 unspecified atom stereocenters. The number of carbonyl (C=O) groups is 2. The first-order valence-electron chi connectivity index (χ1n) is 11.9. The monoisotopic (exact) mass is 482 g/mol. The summed E-state index contributed by atoms with van der Waals surface area (Å²) in [5.74, 6) is -0.595. The summed E-state index contributed by atoms with van der Waals surface area (Å²) in [4.78, 5) is 32.2. The largest absolute Gasteiger partial charge is 0.507 e. The van der Waals surface area contributed by atoms with Crippen LogP contribution in [0, 0.1) is 6.92 Å². The van der Waals surface area contributed by atoms with Gasteiger partial charge < -0.3 is 14.7 Å². The number of aryl methyl sites for hydroxylation is 1. The Balaban J connectivity index is 1.83. The van der Waals surface area contributed by atoms with Gasteiger partial charge in [0.2, 0.25) is 0 Å². The summed E-state index contributed by atoms with van der Waals surface area (Å²) in [5.41, 5.74) is 3.97. The lowest BCUT2D eigenvalue weighted by atomic mass is 9.92. The Morgan fingerprint density at radius 1 is 1.17 bits per heavy atom. The minimum Gasteiger partial charge on any atom is -0.507 e. The van der Waals surface area contributed by atoms with Gasteiger partial charge in [0.1, 0.15) is 18.1 Å². The van der Waals surface area contributed by atoms with Crippen molar-refractivity contribution in [3.8, 4) is 5.75 Å². The van der Waals surface area contributed by atoms with Crippen molar-refractivity contribution < 1.29 is 19.4 Å². The smallest absolute Gasteiger partial charge is 0.295 e. The van der Waals surface area contributed by atoms with Crippen LogP contribution in [0.5, 0.6) is 5.75 Å². The summed E-state index contributed by atoms with van der Waals surface area (Å²) >= 11 is 0. The molecule has 6 heteroatoms. The number of rotatable bonds is 8. The van der Waals surface area contributed by atoms with Crippen LogP contribution in [0.1, 0.15) is 53.6 Å². The van der Waals surface area contributed by atoms with Gasteiger partial charge in [-0.3, -0.25) is 14.6 Å². The summed E-state index contributed by atoms with van der Waals surface area (Å²) in [6, 6.07) is 16.0. The normalized spacial score (nSPS) is 17.0. The maximum absolute atomic E-state index is 13.3. The highest BCUT2D eigenvalue weighted by Gasteiger charge is 2.46. The Kier molecular flexibility index (Phi) is 7.34. The number of hydrogen-bond acceptors (Lipinski definition) is 5. The van der Waals surface area contributed by atoms with Gasteiger partial charge in [0.05, 0.1) is 11.6 Å². The van der Waals surface area contributed by atoms with E-state index in [2.05, 4.69) is 25.4 Å². The number of aliphatic hydroxyl groups is 1. The minimum atomic E-state index is -0.734. The highest BCUT2D eigenvalue weighted by atomic mass is 16.5. The van der Waals surface area contributed by atoms with Crippen LogP contribution in [-0.4, -0.2) is 33.3 Å². The molecular weight excluding hydrogens is 452 g/mol. The van der Waals surface area contributed by atoms with Crippen molar-refractivity contribution in [1.82, 2.24) is 9.88 Å². The van der Waals surface area contributed by atoms with Crippen LogP contribution in [-0.2, 0) is 16.1 Å². The predicted molar refractivity (Wildman–Crippen MR) is 139 cm³/mol. The van der Waals surface area contributed by atoms with Gasteiger partial charge >= 0.3 is 0 Å². The third kappa shape index (κ3) is 4.93.